The van der Waals surface area contributed by atoms with Crippen molar-refractivity contribution in [2.75, 3.05) is 5.75 Å². The highest BCUT2D eigenvalue weighted by atomic mass is 32.2. The van der Waals surface area contributed by atoms with Gasteiger partial charge in [-0.1, -0.05) is 25.2 Å². The molecule has 0 aliphatic carbocycles. The van der Waals surface area contributed by atoms with E-state index in [0.717, 1.165) is 47.4 Å². The molecule has 0 bridgehead atoms. The van der Waals surface area contributed by atoms with Gasteiger partial charge in [0, 0.05) is 17.0 Å². The summed E-state index contributed by atoms with van der Waals surface area (Å²) in [6.45, 7) is 6.14. The van der Waals surface area contributed by atoms with Gasteiger partial charge >= 0.3 is 0 Å². The Morgan fingerprint density at radius 1 is 1.33 bits per heavy atom. The SMILES string of the molecule is Cc1ncc2c3cc(-c4nccs4)nc4sc([S+]([O-])CC(C)C)c([nH]n12)c43. The summed E-state index contributed by atoms with van der Waals surface area (Å²) in [6, 6.07) is 2.07. The van der Waals surface area contributed by atoms with Crippen LogP contribution in [0.15, 0.2) is 28.0 Å². The van der Waals surface area contributed by atoms with E-state index in [4.69, 9.17) is 4.98 Å². The number of rotatable bonds is 4. The quantitative estimate of drug-likeness (QED) is 0.434. The minimum atomic E-state index is -1.08. The topological polar surface area (TPSA) is 81.9 Å². The Hall–Kier alpha value is -1.94. The van der Waals surface area contributed by atoms with E-state index in [-0.39, 0.29) is 0 Å². The van der Waals surface area contributed by atoms with E-state index in [9.17, 15) is 4.55 Å². The number of fused-ring (bicyclic) bond motifs is 2. The van der Waals surface area contributed by atoms with Gasteiger partial charge in [-0.15, -0.1) is 11.3 Å². The zero-order valence-corrected chi connectivity index (χ0v) is 17.5. The van der Waals surface area contributed by atoms with Gasteiger partial charge in [0.1, 0.15) is 32.6 Å². The van der Waals surface area contributed by atoms with E-state index >= 15 is 0 Å². The molecule has 0 amide bonds. The summed E-state index contributed by atoms with van der Waals surface area (Å²) in [7, 11) is 0. The second-order valence-corrected chi connectivity index (χ2v) is 10.5. The summed E-state index contributed by atoms with van der Waals surface area (Å²) >= 11 is 2.00. The Labute approximate surface area is 166 Å². The van der Waals surface area contributed by atoms with Gasteiger partial charge in [-0.25, -0.2) is 19.5 Å². The molecule has 1 unspecified atom stereocenters. The molecule has 0 saturated carbocycles. The third-order valence-electron chi connectivity index (χ3n) is 4.41. The summed E-state index contributed by atoms with van der Waals surface area (Å²) in [6.07, 6.45) is 3.66. The number of thiazole rings is 1. The van der Waals surface area contributed by atoms with Gasteiger partial charge in [0.25, 0.3) is 0 Å². The molecule has 1 atom stereocenters. The zero-order chi connectivity index (χ0) is 18.7. The number of hydrogen-bond acceptors (Lipinski definition) is 6. The normalized spacial score (nSPS) is 13.5. The number of hydrogen-bond donors (Lipinski definition) is 1. The van der Waals surface area contributed by atoms with Crippen LogP contribution in [0, 0.1) is 12.8 Å². The molecule has 6 nitrogen and oxygen atoms in total. The number of pyridine rings is 1. The van der Waals surface area contributed by atoms with Gasteiger partial charge in [-0.3, -0.25) is 5.10 Å². The molecule has 0 aromatic carbocycles. The predicted molar refractivity (Wildman–Crippen MR) is 112 cm³/mol. The summed E-state index contributed by atoms with van der Waals surface area (Å²) in [5.74, 6) is 1.85. The number of H-pyrrole nitrogens is 1. The lowest BCUT2D eigenvalue weighted by atomic mass is 10.1. The fourth-order valence-electron chi connectivity index (χ4n) is 3.27. The van der Waals surface area contributed by atoms with Crippen molar-refractivity contribution in [1.29, 1.82) is 0 Å². The van der Waals surface area contributed by atoms with Crippen molar-refractivity contribution >= 4 is 60.5 Å². The predicted octanol–water partition coefficient (Wildman–Crippen LogP) is 4.62. The molecule has 27 heavy (non-hydrogen) atoms. The van der Waals surface area contributed by atoms with Crippen LogP contribution in [0.25, 0.3) is 37.3 Å². The van der Waals surface area contributed by atoms with Crippen LogP contribution in [-0.2, 0) is 11.2 Å². The third kappa shape index (κ3) is 2.68. The number of aryl methyl sites for hydroxylation is 1. The molecule has 5 heterocycles. The molecule has 5 aromatic heterocycles. The molecule has 0 radical (unpaired) electrons. The lowest BCUT2D eigenvalue weighted by molar-refractivity contribution is 0.583. The smallest absolute Gasteiger partial charge is 0.234 e. The molecule has 9 heteroatoms. The van der Waals surface area contributed by atoms with E-state index in [1.165, 1.54) is 11.3 Å². The summed E-state index contributed by atoms with van der Waals surface area (Å²) in [5.41, 5.74) is 2.73. The fourth-order valence-corrected chi connectivity index (χ4v) is 6.69. The van der Waals surface area contributed by atoms with Gasteiger partial charge in [-0.05, 0) is 30.1 Å². The van der Waals surface area contributed by atoms with Crippen molar-refractivity contribution in [2.45, 2.75) is 25.0 Å². The molecule has 0 fully saturated rings. The second-order valence-electron chi connectivity index (χ2n) is 6.88. The van der Waals surface area contributed by atoms with Crippen molar-refractivity contribution in [3.63, 3.8) is 0 Å². The van der Waals surface area contributed by atoms with Crippen LogP contribution < -0.4 is 0 Å². The number of aromatic nitrogens is 5. The van der Waals surface area contributed by atoms with E-state index in [2.05, 4.69) is 35.0 Å². The first kappa shape index (κ1) is 17.2. The maximum absolute atomic E-state index is 13.0. The van der Waals surface area contributed by atoms with Crippen LogP contribution in [0.4, 0.5) is 0 Å². The molecule has 0 aliphatic heterocycles. The van der Waals surface area contributed by atoms with E-state index in [0.29, 0.717) is 11.7 Å². The van der Waals surface area contributed by atoms with Crippen molar-refractivity contribution < 1.29 is 4.55 Å². The Balaban J connectivity index is 1.88. The second kappa shape index (κ2) is 6.30. The van der Waals surface area contributed by atoms with Crippen molar-refractivity contribution in [1.82, 2.24) is 24.6 Å². The molecule has 5 rings (SSSR count). The zero-order valence-electron chi connectivity index (χ0n) is 15.0. The number of imidazole rings is 1. The van der Waals surface area contributed by atoms with Crippen LogP contribution in [0.2, 0.25) is 0 Å². The van der Waals surface area contributed by atoms with E-state index < -0.39 is 11.2 Å². The molecule has 0 spiro atoms. The van der Waals surface area contributed by atoms with E-state index in [1.54, 1.807) is 17.5 Å². The first-order valence-corrected chi connectivity index (χ1v) is 11.6. The Kier molecular flexibility index (Phi) is 4.01. The van der Waals surface area contributed by atoms with Crippen molar-refractivity contribution in [3.8, 4) is 10.7 Å². The van der Waals surface area contributed by atoms with E-state index in [1.807, 2.05) is 23.0 Å². The molecule has 0 aliphatic rings. The van der Waals surface area contributed by atoms with Gasteiger partial charge in [0.15, 0.2) is 0 Å². The maximum atomic E-state index is 13.0. The first-order valence-electron chi connectivity index (χ1n) is 8.60. The van der Waals surface area contributed by atoms with Crippen LogP contribution in [0.1, 0.15) is 19.7 Å². The van der Waals surface area contributed by atoms with Crippen LogP contribution in [0.5, 0.6) is 0 Å². The highest BCUT2D eigenvalue weighted by molar-refractivity contribution is 7.93. The van der Waals surface area contributed by atoms with Gasteiger partial charge in [0.2, 0.25) is 4.21 Å². The molecule has 5 aromatic rings. The minimum absolute atomic E-state index is 0.357. The molecular weight excluding hydrogens is 398 g/mol. The van der Waals surface area contributed by atoms with Crippen LogP contribution in [-0.4, -0.2) is 34.9 Å². The number of nitrogens with one attached hydrogen (secondary N) is 1. The average molecular weight is 416 g/mol. The number of nitrogens with zero attached hydrogens (tertiary/aromatic N) is 4. The minimum Gasteiger partial charge on any atom is -0.611 e. The van der Waals surface area contributed by atoms with Crippen LogP contribution >= 0.6 is 22.7 Å². The maximum Gasteiger partial charge on any atom is 0.234 e. The fraction of sp³-hybridized carbons (Fsp3) is 0.278. The van der Waals surface area contributed by atoms with Gasteiger partial charge < -0.3 is 4.55 Å². The Morgan fingerprint density at radius 2 is 2.19 bits per heavy atom. The average Bonchev–Trinajstić information content (AvgIpc) is 3.35. The third-order valence-corrected chi connectivity index (χ3v) is 8.48. The summed E-state index contributed by atoms with van der Waals surface area (Å²) < 4.78 is 15.8. The number of thiophene rings is 1. The molecular formula is C18H17N5OS3. The lowest BCUT2D eigenvalue weighted by Crippen LogP contribution is -2.11. The monoisotopic (exact) mass is 415 g/mol. The van der Waals surface area contributed by atoms with Crippen LogP contribution in [0.3, 0.4) is 0 Å². The molecule has 0 saturated heterocycles. The van der Waals surface area contributed by atoms with Crippen molar-refractivity contribution in [2.24, 2.45) is 5.92 Å². The standard InChI is InChI=1S/C18H17N5OS3/c1-9(2)8-27(24)18-15-14-11(13-7-20-10(3)23(13)22-15)6-12(21-17(14)26-18)16-19-4-5-25-16/h4-7,9,22H,8H2,1-3H3. The first-order chi connectivity index (χ1) is 13.0. The Bertz CT molecular complexity index is 1270. The largest absolute Gasteiger partial charge is 0.611 e. The summed E-state index contributed by atoms with van der Waals surface area (Å²) in [5, 5.41) is 8.35. The highest BCUT2D eigenvalue weighted by Crippen LogP contribution is 2.40. The van der Waals surface area contributed by atoms with Crippen molar-refractivity contribution in [3.05, 3.63) is 29.7 Å². The number of aromatic amines is 1. The molecule has 138 valence electrons. The van der Waals surface area contributed by atoms with Gasteiger partial charge in [0.05, 0.1) is 17.1 Å². The Morgan fingerprint density at radius 3 is 2.93 bits per heavy atom. The highest BCUT2D eigenvalue weighted by Gasteiger charge is 2.26. The summed E-state index contributed by atoms with van der Waals surface area (Å²) in [4.78, 5) is 14.6. The van der Waals surface area contributed by atoms with Gasteiger partial charge in [-0.2, -0.15) is 0 Å². The lowest BCUT2D eigenvalue weighted by Gasteiger charge is -2.11. The molecule has 1 N–H and O–H groups in total.